The number of rotatable bonds is 5. The largest absolute Gasteiger partial charge is 0.493 e. The molecule has 0 fully saturated rings. The molecule has 0 aliphatic rings. The number of benzene rings is 2. The molecule has 0 bridgehead atoms. The van der Waals surface area contributed by atoms with Crippen molar-refractivity contribution in [1.82, 2.24) is 0 Å². The van der Waals surface area contributed by atoms with Crippen molar-refractivity contribution in [2.45, 2.75) is 33.5 Å². The predicted molar refractivity (Wildman–Crippen MR) is 83.9 cm³/mol. The zero-order valence-electron chi connectivity index (χ0n) is 13.0. The van der Waals surface area contributed by atoms with E-state index < -0.39 is 6.10 Å². The molecule has 0 amide bonds. The van der Waals surface area contributed by atoms with Gasteiger partial charge in [0.15, 0.2) is 11.5 Å². The fraction of sp³-hybridized carbons (Fsp3) is 0.333. The average molecular weight is 286 g/mol. The lowest BCUT2D eigenvalue weighted by atomic mass is 10.0. The SMILES string of the molecule is COc1cc([C@@H](C)O)ccc1OCc1c(C)cccc1C. The summed E-state index contributed by atoms with van der Waals surface area (Å²) in [6, 6.07) is 11.7. The van der Waals surface area contributed by atoms with Gasteiger partial charge < -0.3 is 14.6 Å². The summed E-state index contributed by atoms with van der Waals surface area (Å²) in [5, 5.41) is 9.62. The van der Waals surface area contributed by atoms with Gasteiger partial charge in [0, 0.05) is 0 Å². The van der Waals surface area contributed by atoms with E-state index in [0.29, 0.717) is 18.1 Å². The number of methoxy groups -OCH3 is 1. The zero-order chi connectivity index (χ0) is 15.4. The highest BCUT2D eigenvalue weighted by molar-refractivity contribution is 5.44. The molecule has 2 aromatic carbocycles. The molecule has 0 unspecified atom stereocenters. The van der Waals surface area contributed by atoms with E-state index in [-0.39, 0.29) is 0 Å². The summed E-state index contributed by atoms with van der Waals surface area (Å²) in [5.74, 6) is 1.32. The third-order valence-corrected chi connectivity index (χ3v) is 3.69. The van der Waals surface area contributed by atoms with Crippen LogP contribution in [-0.4, -0.2) is 12.2 Å². The smallest absolute Gasteiger partial charge is 0.161 e. The normalized spacial score (nSPS) is 12.0. The highest BCUT2D eigenvalue weighted by atomic mass is 16.5. The average Bonchev–Trinajstić information content (AvgIpc) is 2.46. The minimum absolute atomic E-state index is 0.503. The van der Waals surface area contributed by atoms with Crippen molar-refractivity contribution >= 4 is 0 Å². The second kappa shape index (κ2) is 6.64. The number of aliphatic hydroxyl groups excluding tert-OH is 1. The van der Waals surface area contributed by atoms with E-state index in [1.54, 1.807) is 14.0 Å². The molecule has 0 saturated carbocycles. The van der Waals surface area contributed by atoms with E-state index in [1.807, 2.05) is 24.3 Å². The summed E-state index contributed by atoms with van der Waals surface area (Å²) in [5.41, 5.74) is 4.44. The molecule has 0 saturated heterocycles. The van der Waals surface area contributed by atoms with Crippen LogP contribution in [0, 0.1) is 13.8 Å². The molecule has 0 aliphatic carbocycles. The number of aliphatic hydroxyl groups is 1. The van der Waals surface area contributed by atoms with Crippen molar-refractivity contribution < 1.29 is 14.6 Å². The van der Waals surface area contributed by atoms with Gasteiger partial charge in [0.2, 0.25) is 0 Å². The fourth-order valence-corrected chi connectivity index (χ4v) is 2.29. The Morgan fingerprint density at radius 3 is 2.29 bits per heavy atom. The monoisotopic (exact) mass is 286 g/mol. The van der Waals surface area contributed by atoms with Gasteiger partial charge >= 0.3 is 0 Å². The third kappa shape index (κ3) is 3.56. The van der Waals surface area contributed by atoms with Crippen molar-refractivity contribution in [3.63, 3.8) is 0 Å². The van der Waals surface area contributed by atoms with Crippen molar-refractivity contribution in [2.75, 3.05) is 7.11 Å². The molecule has 0 aromatic heterocycles. The molecule has 3 nitrogen and oxygen atoms in total. The molecular formula is C18H22O3. The summed E-state index contributed by atoms with van der Waals surface area (Å²) in [6.45, 7) is 6.40. The van der Waals surface area contributed by atoms with Gasteiger partial charge in [-0.2, -0.15) is 0 Å². The van der Waals surface area contributed by atoms with Gasteiger partial charge in [0.05, 0.1) is 13.2 Å². The van der Waals surface area contributed by atoms with Gasteiger partial charge in [-0.1, -0.05) is 24.3 Å². The van der Waals surface area contributed by atoms with Crippen LogP contribution in [-0.2, 0) is 6.61 Å². The van der Waals surface area contributed by atoms with Crippen molar-refractivity contribution in [2.24, 2.45) is 0 Å². The molecule has 0 aliphatic heterocycles. The van der Waals surface area contributed by atoms with Crippen LogP contribution >= 0.6 is 0 Å². The Balaban J connectivity index is 2.20. The van der Waals surface area contributed by atoms with Crippen LogP contribution in [0.1, 0.15) is 35.3 Å². The molecule has 3 heteroatoms. The van der Waals surface area contributed by atoms with Crippen molar-refractivity contribution in [3.8, 4) is 11.5 Å². The Labute approximate surface area is 126 Å². The van der Waals surface area contributed by atoms with Crippen LogP contribution in [0.25, 0.3) is 0 Å². The summed E-state index contributed by atoms with van der Waals surface area (Å²) in [4.78, 5) is 0. The van der Waals surface area contributed by atoms with Crippen LogP contribution in [0.4, 0.5) is 0 Å². The molecule has 0 heterocycles. The highest BCUT2D eigenvalue weighted by Gasteiger charge is 2.10. The molecule has 21 heavy (non-hydrogen) atoms. The van der Waals surface area contributed by atoms with Crippen molar-refractivity contribution in [1.29, 1.82) is 0 Å². The lowest BCUT2D eigenvalue weighted by Gasteiger charge is -2.15. The Morgan fingerprint density at radius 2 is 1.71 bits per heavy atom. The molecule has 0 spiro atoms. The van der Waals surface area contributed by atoms with Crippen LogP contribution in [0.5, 0.6) is 11.5 Å². The van der Waals surface area contributed by atoms with Crippen molar-refractivity contribution in [3.05, 3.63) is 58.7 Å². The first-order chi connectivity index (χ1) is 10.0. The lowest BCUT2D eigenvalue weighted by Crippen LogP contribution is -2.02. The molecule has 1 atom stereocenters. The van der Waals surface area contributed by atoms with Gasteiger partial charge in [0.25, 0.3) is 0 Å². The maximum Gasteiger partial charge on any atom is 0.161 e. The summed E-state index contributed by atoms with van der Waals surface area (Å²) in [6.07, 6.45) is -0.522. The van der Waals surface area contributed by atoms with E-state index in [4.69, 9.17) is 9.47 Å². The maximum atomic E-state index is 9.62. The summed E-state index contributed by atoms with van der Waals surface area (Å²) < 4.78 is 11.3. The Hall–Kier alpha value is -2.00. The Bertz CT molecular complexity index is 598. The fourth-order valence-electron chi connectivity index (χ4n) is 2.29. The van der Waals surface area contributed by atoms with Gasteiger partial charge in [-0.05, 0) is 55.2 Å². The number of hydrogen-bond acceptors (Lipinski definition) is 3. The van der Waals surface area contributed by atoms with Gasteiger partial charge in [-0.15, -0.1) is 0 Å². The summed E-state index contributed by atoms with van der Waals surface area (Å²) in [7, 11) is 1.60. The predicted octanol–water partition coefficient (Wildman–Crippen LogP) is 3.94. The number of ether oxygens (including phenoxy) is 2. The first kappa shape index (κ1) is 15.4. The van der Waals surface area contributed by atoms with E-state index in [0.717, 1.165) is 5.56 Å². The second-order valence-electron chi connectivity index (χ2n) is 5.25. The van der Waals surface area contributed by atoms with E-state index in [1.165, 1.54) is 16.7 Å². The quantitative estimate of drug-likeness (QED) is 0.904. The standard InChI is InChI=1S/C18H22O3/c1-12-6-5-7-13(2)16(12)11-21-17-9-8-15(14(3)19)10-18(17)20-4/h5-10,14,19H,11H2,1-4H3/t14-/m1/s1. The molecule has 0 radical (unpaired) electrons. The van der Waals surface area contributed by atoms with Crippen LogP contribution in [0.2, 0.25) is 0 Å². The van der Waals surface area contributed by atoms with E-state index in [2.05, 4.69) is 26.0 Å². The van der Waals surface area contributed by atoms with Crippen LogP contribution in [0.15, 0.2) is 36.4 Å². The number of hydrogen-bond donors (Lipinski definition) is 1. The Kier molecular flexibility index (Phi) is 4.86. The van der Waals surface area contributed by atoms with E-state index >= 15 is 0 Å². The minimum Gasteiger partial charge on any atom is -0.493 e. The molecule has 1 N–H and O–H groups in total. The molecule has 112 valence electrons. The molecule has 2 aromatic rings. The Morgan fingerprint density at radius 1 is 1.05 bits per heavy atom. The van der Waals surface area contributed by atoms with Crippen LogP contribution in [0.3, 0.4) is 0 Å². The first-order valence-corrected chi connectivity index (χ1v) is 7.07. The summed E-state index contributed by atoms with van der Waals surface area (Å²) >= 11 is 0. The zero-order valence-corrected chi connectivity index (χ0v) is 13.0. The maximum absolute atomic E-state index is 9.62. The second-order valence-corrected chi connectivity index (χ2v) is 5.25. The topological polar surface area (TPSA) is 38.7 Å². The molecular weight excluding hydrogens is 264 g/mol. The highest BCUT2D eigenvalue weighted by Crippen LogP contribution is 2.31. The van der Waals surface area contributed by atoms with E-state index in [9.17, 15) is 5.11 Å². The van der Waals surface area contributed by atoms with Crippen LogP contribution < -0.4 is 9.47 Å². The van der Waals surface area contributed by atoms with Gasteiger partial charge in [-0.3, -0.25) is 0 Å². The lowest BCUT2D eigenvalue weighted by molar-refractivity contribution is 0.198. The number of aryl methyl sites for hydroxylation is 2. The third-order valence-electron chi connectivity index (χ3n) is 3.69. The molecule has 2 rings (SSSR count). The van der Waals surface area contributed by atoms with Gasteiger partial charge in [0.1, 0.15) is 6.61 Å². The minimum atomic E-state index is -0.522. The first-order valence-electron chi connectivity index (χ1n) is 7.07. The van der Waals surface area contributed by atoms with Gasteiger partial charge in [-0.25, -0.2) is 0 Å².